The standard InChI is InChI=1S/Ba.Cu.3O.Zn. The molecule has 6 heteroatoms. The zero-order valence-corrected chi connectivity index (χ0v) is 11.3. The average Bonchev–Trinajstić information content (AvgIpc) is 1.81. The van der Waals surface area contributed by atoms with Gasteiger partial charge in [-0.15, -0.1) is 0 Å². The van der Waals surface area contributed by atoms with Gasteiger partial charge >= 0.3 is 88.4 Å². The molecule has 0 bridgehead atoms. The van der Waals surface area contributed by atoms with E-state index in [4.69, 9.17) is 7.45 Å². The molecule has 0 heterocycles. The van der Waals surface area contributed by atoms with Gasteiger partial charge < -0.3 is 0 Å². The molecule has 0 aromatic carbocycles. The molecule has 0 saturated carbocycles. The Morgan fingerprint density at radius 1 is 1.17 bits per heavy atom. The molecule has 0 atom stereocenters. The third-order valence-electron chi connectivity index (χ3n) is 0. The van der Waals surface area contributed by atoms with Crippen LogP contribution in [-0.2, 0) is 41.6 Å². The van der Waals surface area contributed by atoms with Crippen LogP contribution >= 0.6 is 0 Å². The first-order valence-corrected chi connectivity index (χ1v) is 4.11. The summed E-state index contributed by atoms with van der Waals surface area (Å²) < 4.78 is 24.6. The maximum absolute atomic E-state index is 8.44. The van der Waals surface area contributed by atoms with E-state index in [0.29, 0.717) is 0 Å². The van der Waals surface area contributed by atoms with Gasteiger partial charge in [0.25, 0.3) is 0 Å². The first kappa shape index (κ1) is 15.7. The van der Waals surface area contributed by atoms with Crippen molar-refractivity contribution < 1.29 is 41.6 Å². The number of hydrogen-bond donors (Lipinski definition) is 0. The van der Waals surface area contributed by atoms with Crippen molar-refractivity contribution >= 4 is 46.7 Å². The summed E-state index contributed by atoms with van der Waals surface area (Å²) in [5, 5.41) is 0. The second-order valence-electron chi connectivity index (χ2n) is 0. The Hall–Kier alpha value is 2.11. The van der Waals surface area contributed by atoms with Crippen molar-refractivity contribution in [1.82, 2.24) is 0 Å². The summed E-state index contributed by atoms with van der Waals surface area (Å²) in [5.74, 6) is 0. The predicted molar refractivity (Wildman–Crippen MR) is 7.81 cm³/mol. The van der Waals surface area contributed by atoms with Gasteiger partial charge in [0.15, 0.2) is 0 Å². The average molecular weight is 314 g/mol. The van der Waals surface area contributed by atoms with E-state index in [9.17, 15) is 0 Å². The zero-order valence-electron chi connectivity index (χ0n) is 2.94. The predicted octanol–water partition coefficient (Wildman–Crippen LogP) is -0.742. The first-order valence-electron chi connectivity index (χ1n) is 0.700. The quantitative estimate of drug-likeness (QED) is 0.553. The molecule has 0 spiro atoms. The summed E-state index contributed by atoms with van der Waals surface area (Å²) in [5.41, 5.74) is 0. The van der Waals surface area contributed by atoms with Crippen LogP contribution in [0.15, 0.2) is 0 Å². The molecule has 0 aromatic heterocycles. The number of rotatable bonds is 0. The monoisotopic (exact) mass is 313 g/mol. The molecule has 3 nitrogen and oxygen atoms in total. The van der Waals surface area contributed by atoms with Gasteiger partial charge in [-0.25, -0.2) is 0 Å². The van der Waals surface area contributed by atoms with E-state index in [2.05, 4.69) is 15.9 Å². The van der Waals surface area contributed by atoms with E-state index in [-0.39, 0.29) is 65.0 Å². The van der Waals surface area contributed by atoms with E-state index in [1.807, 2.05) is 0 Å². The zero-order chi connectivity index (χ0) is 6.00. The van der Waals surface area contributed by atoms with Crippen LogP contribution in [0.3, 0.4) is 0 Å². The van der Waals surface area contributed by atoms with E-state index in [1.54, 1.807) is 0 Å². The van der Waals surface area contributed by atoms with Gasteiger partial charge in [0.2, 0.25) is 0 Å². The van der Waals surface area contributed by atoms with Crippen LogP contribution in [-0.4, -0.2) is 46.7 Å². The molecule has 33 valence electrons. The molecule has 0 N–H and O–H groups in total. The van der Waals surface area contributed by atoms with Crippen molar-refractivity contribution in [1.29, 1.82) is 0 Å². The Labute approximate surface area is 86.4 Å². The van der Waals surface area contributed by atoms with Crippen LogP contribution in [0.4, 0.5) is 0 Å². The van der Waals surface area contributed by atoms with Crippen LogP contribution < -0.4 is 0 Å². The Balaban J connectivity index is -0.0000000225. The van der Waals surface area contributed by atoms with Crippen molar-refractivity contribution in [3.05, 3.63) is 0 Å². The van der Waals surface area contributed by atoms with Gasteiger partial charge in [-0.05, 0) is 0 Å². The summed E-state index contributed by atoms with van der Waals surface area (Å²) in [6.45, 7) is 0. The molecule has 0 aromatic rings. The van der Waals surface area contributed by atoms with Crippen LogP contribution in [0.25, 0.3) is 0 Å². The van der Waals surface area contributed by atoms with Gasteiger partial charge in [0.1, 0.15) is 0 Å². The van der Waals surface area contributed by atoms with Crippen molar-refractivity contribution in [2.75, 3.05) is 0 Å². The molecule has 0 rings (SSSR count). The van der Waals surface area contributed by atoms with Crippen LogP contribution in [0, 0.1) is 0 Å². The summed E-state index contributed by atoms with van der Waals surface area (Å²) in [6.07, 6.45) is 0. The van der Waals surface area contributed by atoms with E-state index in [1.165, 1.54) is 0 Å². The van der Waals surface area contributed by atoms with Crippen LogP contribution in [0.1, 0.15) is 0 Å². The molecule has 0 aliphatic carbocycles. The molecule has 0 radical (unpaired) electrons. The SMILES string of the molecule is [O]=[Ba].[O]=[Cu].[O]=[Zn]. The second-order valence-corrected chi connectivity index (χ2v) is 0. The normalized spacial score (nSPS) is 3.00. The van der Waals surface area contributed by atoms with Crippen LogP contribution in [0.2, 0.25) is 0 Å². The Kier molecular flexibility index (Phi) is 156. The van der Waals surface area contributed by atoms with Gasteiger partial charge in [-0.2, -0.15) is 0 Å². The van der Waals surface area contributed by atoms with Crippen molar-refractivity contribution in [2.24, 2.45) is 0 Å². The van der Waals surface area contributed by atoms with Gasteiger partial charge in [0.05, 0.1) is 0 Å². The van der Waals surface area contributed by atoms with Crippen LogP contribution in [0.5, 0.6) is 0 Å². The third-order valence-corrected chi connectivity index (χ3v) is 0. The fourth-order valence-electron chi connectivity index (χ4n) is 0. The Morgan fingerprint density at radius 3 is 1.17 bits per heavy atom. The molecule has 0 aliphatic heterocycles. The molecule has 0 saturated heterocycles. The Bertz CT molecular complexity index is 15.5. The molecule has 0 unspecified atom stereocenters. The summed E-state index contributed by atoms with van der Waals surface area (Å²) >= 11 is 2.84. The molecule has 0 amide bonds. The minimum atomic E-state index is -0.222. The summed E-state index contributed by atoms with van der Waals surface area (Å²) in [4.78, 5) is 0. The fraction of sp³-hybridized carbons (Fsp3) is 0. The van der Waals surface area contributed by atoms with Crippen molar-refractivity contribution in [3.63, 3.8) is 0 Å². The maximum atomic E-state index is 8.44. The third kappa shape index (κ3) is 35.8. The summed E-state index contributed by atoms with van der Waals surface area (Å²) in [6, 6.07) is 0. The number of hydrogen-bond acceptors (Lipinski definition) is 3. The topological polar surface area (TPSA) is 51.2 Å². The fourth-order valence-corrected chi connectivity index (χ4v) is 0. The van der Waals surface area contributed by atoms with E-state index in [0.717, 1.165) is 0 Å². The first-order chi connectivity index (χ1) is 3.00. The second kappa shape index (κ2) is 59.5. The molecule has 0 aliphatic rings. The van der Waals surface area contributed by atoms with Gasteiger partial charge in [0, 0.05) is 0 Å². The van der Waals surface area contributed by atoms with Crippen molar-refractivity contribution in [2.45, 2.75) is 0 Å². The van der Waals surface area contributed by atoms with Gasteiger partial charge in [-0.1, -0.05) is 0 Å². The molecule has 6 heavy (non-hydrogen) atoms. The van der Waals surface area contributed by atoms with E-state index < -0.39 is 0 Å². The molecule has 0 fully saturated rings. The van der Waals surface area contributed by atoms with Gasteiger partial charge in [-0.3, -0.25) is 0 Å². The summed E-state index contributed by atoms with van der Waals surface area (Å²) in [7, 11) is 0. The molecular formula is BaCuO3Zn. The van der Waals surface area contributed by atoms with Crippen molar-refractivity contribution in [3.8, 4) is 0 Å². The minimum absolute atomic E-state index is 0.125. The molecular weight excluding hydrogens is 314 g/mol. The van der Waals surface area contributed by atoms with E-state index >= 15 is 0 Å². The Morgan fingerprint density at radius 2 is 1.17 bits per heavy atom.